The highest BCUT2D eigenvalue weighted by Crippen LogP contribution is 2.27. The van der Waals surface area contributed by atoms with Crippen molar-refractivity contribution < 1.29 is 4.79 Å². The first-order chi connectivity index (χ1) is 12.5. The predicted octanol–water partition coefficient (Wildman–Crippen LogP) is 2.23. The molecular formula is C18H27N5O2S. The Morgan fingerprint density at radius 3 is 3.00 bits per heavy atom. The van der Waals surface area contributed by atoms with Crippen LogP contribution < -0.4 is 15.8 Å². The highest BCUT2D eigenvalue weighted by Gasteiger charge is 2.28. The quantitative estimate of drug-likeness (QED) is 0.835. The molecule has 3 heterocycles. The molecule has 142 valence electrons. The van der Waals surface area contributed by atoms with Crippen LogP contribution in [-0.2, 0) is 11.2 Å². The van der Waals surface area contributed by atoms with Gasteiger partial charge >= 0.3 is 0 Å². The minimum atomic E-state index is -0.144. The lowest BCUT2D eigenvalue weighted by Gasteiger charge is -2.32. The molecule has 2 aromatic rings. The van der Waals surface area contributed by atoms with E-state index in [1.807, 2.05) is 6.92 Å². The van der Waals surface area contributed by atoms with E-state index in [-0.39, 0.29) is 23.4 Å². The van der Waals surface area contributed by atoms with Crippen molar-refractivity contribution >= 4 is 27.3 Å². The number of fused-ring (bicyclic) bond motifs is 1. The minimum absolute atomic E-state index is 0.0362. The molecule has 1 fully saturated rings. The Kier molecular flexibility index (Phi) is 5.90. The monoisotopic (exact) mass is 377 g/mol. The van der Waals surface area contributed by atoms with Gasteiger partial charge in [-0.1, -0.05) is 31.6 Å². The summed E-state index contributed by atoms with van der Waals surface area (Å²) >= 11 is 1.42. The summed E-state index contributed by atoms with van der Waals surface area (Å²) < 4.78 is 1.37. The maximum atomic E-state index is 12.5. The molecule has 7 nitrogen and oxygen atoms in total. The molecule has 2 unspecified atom stereocenters. The zero-order valence-electron chi connectivity index (χ0n) is 15.7. The molecule has 1 amide bonds. The Morgan fingerprint density at radius 1 is 1.46 bits per heavy atom. The fraction of sp³-hybridized carbons (Fsp3) is 0.667. The van der Waals surface area contributed by atoms with Crippen LogP contribution in [0.5, 0.6) is 0 Å². The summed E-state index contributed by atoms with van der Waals surface area (Å²) in [6.07, 6.45) is 4.61. The molecule has 1 aliphatic heterocycles. The van der Waals surface area contributed by atoms with Crippen molar-refractivity contribution in [1.82, 2.24) is 19.9 Å². The molecule has 0 aliphatic carbocycles. The lowest BCUT2D eigenvalue weighted by molar-refractivity contribution is -0.125. The standard InChI is InChI=1S/C18H27N5O2S/c1-4-7-12(3)19-16(25)13-8-6-9-22(11-13)18-21-23-15(24)10-14(5-2)20-17(23)26-18/h10,12-13H,4-9,11H2,1-3H3,(H,19,25). The molecule has 0 bridgehead atoms. The maximum absolute atomic E-state index is 12.5. The Morgan fingerprint density at radius 2 is 2.27 bits per heavy atom. The number of aryl methyl sites for hydroxylation is 1. The van der Waals surface area contributed by atoms with Gasteiger partial charge < -0.3 is 10.2 Å². The van der Waals surface area contributed by atoms with E-state index in [0.717, 1.165) is 49.5 Å². The maximum Gasteiger partial charge on any atom is 0.275 e. The van der Waals surface area contributed by atoms with Crippen LogP contribution in [-0.4, -0.2) is 39.6 Å². The van der Waals surface area contributed by atoms with Crippen LogP contribution in [0.3, 0.4) is 0 Å². The second-order valence-corrected chi connectivity index (χ2v) is 7.94. The minimum Gasteiger partial charge on any atom is -0.353 e. The van der Waals surface area contributed by atoms with Crippen molar-refractivity contribution in [3.8, 4) is 0 Å². The molecule has 26 heavy (non-hydrogen) atoms. The smallest absolute Gasteiger partial charge is 0.275 e. The van der Waals surface area contributed by atoms with Crippen molar-refractivity contribution in [1.29, 1.82) is 0 Å². The predicted molar refractivity (Wildman–Crippen MR) is 104 cm³/mol. The van der Waals surface area contributed by atoms with E-state index in [2.05, 4.69) is 34.1 Å². The van der Waals surface area contributed by atoms with Gasteiger partial charge in [0, 0.05) is 30.9 Å². The molecule has 0 radical (unpaired) electrons. The Hall–Kier alpha value is -1.96. The van der Waals surface area contributed by atoms with E-state index in [9.17, 15) is 9.59 Å². The first-order valence-corrected chi connectivity index (χ1v) is 10.3. The molecule has 1 aliphatic rings. The lowest BCUT2D eigenvalue weighted by atomic mass is 9.97. The molecule has 2 aromatic heterocycles. The normalized spacial score (nSPS) is 18.9. The van der Waals surface area contributed by atoms with Crippen LogP contribution in [0, 0.1) is 5.92 Å². The number of carbonyl (C=O) groups is 1. The number of hydrogen-bond acceptors (Lipinski definition) is 6. The molecule has 0 saturated carbocycles. The van der Waals surface area contributed by atoms with Crippen LogP contribution in [0.25, 0.3) is 4.96 Å². The molecule has 8 heteroatoms. The van der Waals surface area contributed by atoms with Gasteiger partial charge in [-0.15, -0.1) is 5.10 Å². The van der Waals surface area contributed by atoms with Gasteiger partial charge in [-0.25, -0.2) is 4.98 Å². The molecule has 1 N–H and O–H groups in total. The van der Waals surface area contributed by atoms with Gasteiger partial charge in [-0.2, -0.15) is 4.52 Å². The number of hydrogen-bond donors (Lipinski definition) is 1. The SMILES string of the molecule is CCCC(C)NC(=O)C1CCCN(c2nn3c(=O)cc(CC)nc3s2)C1. The van der Waals surface area contributed by atoms with Gasteiger partial charge in [0.2, 0.25) is 16.0 Å². The third kappa shape index (κ3) is 4.06. The van der Waals surface area contributed by atoms with Crippen molar-refractivity contribution in [2.24, 2.45) is 5.92 Å². The van der Waals surface area contributed by atoms with Crippen molar-refractivity contribution in [3.63, 3.8) is 0 Å². The second-order valence-electron chi connectivity index (χ2n) is 7.00. The lowest BCUT2D eigenvalue weighted by Crippen LogP contribution is -2.45. The Balaban J connectivity index is 1.75. The number of piperidine rings is 1. The highest BCUT2D eigenvalue weighted by atomic mass is 32.1. The van der Waals surface area contributed by atoms with E-state index in [4.69, 9.17) is 0 Å². The zero-order valence-corrected chi connectivity index (χ0v) is 16.5. The van der Waals surface area contributed by atoms with Crippen molar-refractivity contribution in [2.45, 2.75) is 58.9 Å². The molecule has 3 rings (SSSR count). The average Bonchev–Trinajstić information content (AvgIpc) is 3.06. The Bertz CT molecular complexity index is 831. The second kappa shape index (κ2) is 8.16. The van der Waals surface area contributed by atoms with Crippen LogP contribution in [0.15, 0.2) is 10.9 Å². The first-order valence-electron chi connectivity index (χ1n) is 9.47. The fourth-order valence-electron chi connectivity index (χ4n) is 3.39. The third-order valence-corrected chi connectivity index (χ3v) is 5.79. The zero-order chi connectivity index (χ0) is 18.7. The van der Waals surface area contributed by atoms with E-state index in [0.29, 0.717) is 11.5 Å². The van der Waals surface area contributed by atoms with Crippen LogP contribution in [0.4, 0.5) is 5.13 Å². The van der Waals surface area contributed by atoms with Crippen LogP contribution in [0.1, 0.15) is 52.1 Å². The highest BCUT2D eigenvalue weighted by molar-refractivity contribution is 7.20. The summed E-state index contributed by atoms with van der Waals surface area (Å²) in [4.78, 5) is 32.0. The number of anilines is 1. The first kappa shape index (κ1) is 18.8. The largest absolute Gasteiger partial charge is 0.353 e. The average molecular weight is 378 g/mol. The third-order valence-electron chi connectivity index (χ3n) is 4.82. The van der Waals surface area contributed by atoms with Gasteiger partial charge in [0.1, 0.15) is 0 Å². The van der Waals surface area contributed by atoms with Crippen LogP contribution in [0.2, 0.25) is 0 Å². The summed E-state index contributed by atoms with van der Waals surface area (Å²) in [5.74, 6) is 0.0891. The molecular weight excluding hydrogens is 350 g/mol. The molecule has 1 saturated heterocycles. The summed E-state index contributed by atoms with van der Waals surface area (Å²) in [6.45, 7) is 7.65. The van der Waals surface area contributed by atoms with E-state index < -0.39 is 0 Å². The fourth-order valence-corrected chi connectivity index (χ4v) is 4.35. The van der Waals surface area contributed by atoms with Gasteiger partial charge in [0.25, 0.3) is 5.56 Å². The van der Waals surface area contributed by atoms with Gasteiger partial charge in [-0.3, -0.25) is 9.59 Å². The topological polar surface area (TPSA) is 79.6 Å². The van der Waals surface area contributed by atoms with Gasteiger partial charge in [0.15, 0.2) is 0 Å². The number of aromatic nitrogens is 3. The van der Waals surface area contributed by atoms with Gasteiger partial charge in [0.05, 0.1) is 5.92 Å². The molecule has 0 aromatic carbocycles. The molecule has 2 atom stereocenters. The van der Waals surface area contributed by atoms with Crippen LogP contribution >= 0.6 is 11.3 Å². The van der Waals surface area contributed by atoms with Gasteiger partial charge in [-0.05, 0) is 32.6 Å². The van der Waals surface area contributed by atoms with E-state index in [1.165, 1.54) is 21.9 Å². The number of rotatable bonds is 6. The van der Waals surface area contributed by atoms with Crippen molar-refractivity contribution in [3.05, 3.63) is 22.1 Å². The van der Waals surface area contributed by atoms with E-state index in [1.54, 1.807) is 0 Å². The summed E-state index contributed by atoms with van der Waals surface area (Å²) in [5.41, 5.74) is 0.639. The summed E-state index contributed by atoms with van der Waals surface area (Å²) in [6, 6.07) is 1.75. The number of nitrogens with one attached hydrogen (secondary N) is 1. The van der Waals surface area contributed by atoms with Crippen molar-refractivity contribution in [2.75, 3.05) is 18.0 Å². The summed E-state index contributed by atoms with van der Waals surface area (Å²) in [7, 11) is 0. The number of amides is 1. The number of carbonyl (C=O) groups excluding carboxylic acids is 1. The van der Waals surface area contributed by atoms with E-state index >= 15 is 0 Å². The number of nitrogens with zero attached hydrogens (tertiary/aromatic N) is 4. The molecule has 0 spiro atoms. The Labute approximate surface area is 157 Å². The summed E-state index contributed by atoms with van der Waals surface area (Å²) in [5, 5.41) is 8.34.